The van der Waals surface area contributed by atoms with E-state index in [1.54, 1.807) is 0 Å². The van der Waals surface area contributed by atoms with E-state index in [2.05, 4.69) is 0 Å². The van der Waals surface area contributed by atoms with E-state index in [9.17, 15) is 53.9 Å². The second-order valence-electron chi connectivity index (χ2n) is 12.3. The Morgan fingerprint density at radius 2 is 1.19 bits per heavy atom. The van der Waals surface area contributed by atoms with Crippen LogP contribution in [0.15, 0.2) is 60.7 Å². The minimum atomic E-state index is -5.13. The van der Waals surface area contributed by atoms with E-state index in [1.165, 1.54) is 0 Å². The van der Waals surface area contributed by atoms with Crippen molar-refractivity contribution in [1.29, 1.82) is 0 Å². The topological polar surface area (TPSA) is 263 Å². The number of carboxylic acid groups (broad SMARTS) is 5. The highest BCUT2D eigenvalue weighted by Gasteiger charge is 2.39. The molecular formula is C34H44N3O14P-4. The molecule has 18 heteroatoms. The number of nitrogens with zero attached hydrogens (tertiary/aromatic N) is 3. The van der Waals surface area contributed by atoms with Crippen LogP contribution >= 0.6 is 7.82 Å². The van der Waals surface area contributed by atoms with Crippen molar-refractivity contribution in [3.05, 3.63) is 71.8 Å². The molecule has 3 rings (SSSR count). The third-order valence-corrected chi connectivity index (χ3v) is 9.62. The molecule has 1 saturated carbocycles. The average molecular weight is 750 g/mol. The van der Waals surface area contributed by atoms with E-state index in [4.69, 9.17) is 14.2 Å². The van der Waals surface area contributed by atoms with Crippen molar-refractivity contribution in [2.24, 2.45) is 0 Å². The van der Waals surface area contributed by atoms with Crippen molar-refractivity contribution in [1.82, 2.24) is 14.7 Å². The summed E-state index contributed by atoms with van der Waals surface area (Å²) in [5.41, 5.74) is 1.74. The van der Waals surface area contributed by atoms with Crippen LogP contribution in [0.4, 0.5) is 0 Å². The summed E-state index contributed by atoms with van der Waals surface area (Å²) >= 11 is 0. The lowest BCUT2D eigenvalue weighted by molar-refractivity contribution is -0.311. The van der Waals surface area contributed by atoms with E-state index in [0.29, 0.717) is 25.7 Å². The van der Waals surface area contributed by atoms with E-state index in [1.807, 2.05) is 60.7 Å². The molecule has 1 aliphatic rings. The Kier molecular flexibility index (Phi) is 17.5. The normalized spacial score (nSPS) is 16.2. The fourth-order valence-corrected chi connectivity index (χ4v) is 7.34. The molecule has 2 aromatic rings. The Balaban J connectivity index is 0.00000936. The van der Waals surface area contributed by atoms with Gasteiger partial charge in [-0.25, -0.2) is 0 Å². The maximum Gasteiger partial charge on any atom is 0.317 e. The van der Waals surface area contributed by atoms with Gasteiger partial charge in [0.1, 0.15) is 0 Å². The molecule has 0 bridgehead atoms. The van der Waals surface area contributed by atoms with Crippen LogP contribution in [-0.2, 0) is 43.0 Å². The number of phosphoric acid groups is 1. The first kappa shape index (κ1) is 43.9. The number of carbonyl (C=O) groups excluding carboxylic acids is 3. The van der Waals surface area contributed by atoms with Gasteiger partial charge in [-0.15, -0.1) is 0 Å². The molecule has 1 aliphatic carbocycles. The van der Waals surface area contributed by atoms with Gasteiger partial charge in [-0.05, 0) is 36.8 Å². The molecule has 2 aromatic carbocycles. The molecule has 0 aliphatic heterocycles. The zero-order valence-corrected chi connectivity index (χ0v) is 28.6. The monoisotopic (exact) mass is 749 g/mol. The highest BCUT2D eigenvalue weighted by molar-refractivity contribution is 7.45. The first-order chi connectivity index (χ1) is 24.1. The number of hydrogen-bond acceptors (Lipinski definition) is 15. The third kappa shape index (κ3) is 14.4. The maximum absolute atomic E-state index is 13.1. The number of phosphoric ester groups is 1. The van der Waals surface area contributed by atoms with Crippen molar-refractivity contribution >= 4 is 37.7 Å². The summed E-state index contributed by atoms with van der Waals surface area (Å²) in [4.78, 5) is 72.9. The SMILES string of the molecule is C.O=C([O-])CN(CCN(CC(=O)O)CC(COP(=O)([O-])OC1CCC(c2ccccc2)(c2ccccc2)CC1)N(CC(=O)[O-])CC(=O)[O-])CC(=O)O. The van der Waals surface area contributed by atoms with Crippen LogP contribution in [0.1, 0.15) is 44.2 Å². The summed E-state index contributed by atoms with van der Waals surface area (Å²) in [6.07, 6.45) is 0.966. The van der Waals surface area contributed by atoms with Crippen LogP contribution in [-0.4, -0.2) is 126 Å². The predicted molar refractivity (Wildman–Crippen MR) is 176 cm³/mol. The van der Waals surface area contributed by atoms with Crippen molar-refractivity contribution in [2.75, 3.05) is 59.0 Å². The molecule has 0 aromatic heterocycles. The summed E-state index contributed by atoms with van der Waals surface area (Å²) in [6, 6.07) is 18.2. The van der Waals surface area contributed by atoms with Gasteiger partial charge in [0.2, 0.25) is 0 Å². The molecule has 0 amide bonds. The molecule has 0 heterocycles. The maximum atomic E-state index is 13.1. The summed E-state index contributed by atoms with van der Waals surface area (Å²) in [7, 11) is -5.13. The average Bonchev–Trinajstić information content (AvgIpc) is 3.05. The first-order valence-electron chi connectivity index (χ1n) is 16.1. The molecular weight excluding hydrogens is 705 g/mol. The van der Waals surface area contributed by atoms with Crippen molar-refractivity contribution < 1.29 is 68.0 Å². The van der Waals surface area contributed by atoms with Crippen molar-refractivity contribution in [3.63, 3.8) is 0 Å². The second-order valence-corrected chi connectivity index (χ2v) is 13.6. The number of carbonyl (C=O) groups is 5. The Hall–Kier alpha value is -4.22. The Labute approximate surface area is 301 Å². The van der Waals surface area contributed by atoms with Crippen LogP contribution in [0.3, 0.4) is 0 Å². The van der Waals surface area contributed by atoms with Gasteiger partial charge in [0, 0.05) is 50.7 Å². The van der Waals surface area contributed by atoms with E-state index in [0.717, 1.165) is 25.8 Å². The first-order valence-corrected chi connectivity index (χ1v) is 17.5. The molecule has 2 atom stereocenters. The van der Waals surface area contributed by atoms with Crippen LogP contribution < -0.4 is 20.2 Å². The van der Waals surface area contributed by atoms with Gasteiger partial charge in [0.05, 0.1) is 43.7 Å². The molecule has 2 N–H and O–H groups in total. The number of rotatable bonds is 23. The summed E-state index contributed by atoms with van der Waals surface area (Å²) in [5, 5.41) is 52.7. The van der Waals surface area contributed by atoms with Crippen LogP contribution in [0.2, 0.25) is 0 Å². The van der Waals surface area contributed by atoms with Crippen molar-refractivity contribution in [2.45, 2.75) is 50.7 Å². The van der Waals surface area contributed by atoms with Gasteiger partial charge in [-0.1, -0.05) is 68.1 Å². The van der Waals surface area contributed by atoms with Gasteiger partial charge in [-0.3, -0.25) is 28.9 Å². The second kappa shape index (κ2) is 20.7. The van der Waals surface area contributed by atoms with Gasteiger partial charge in [0.25, 0.3) is 7.82 Å². The van der Waals surface area contributed by atoms with Gasteiger partial charge in [-0.2, -0.15) is 0 Å². The Morgan fingerprint density at radius 3 is 1.63 bits per heavy atom. The highest BCUT2D eigenvalue weighted by atomic mass is 31.2. The van der Waals surface area contributed by atoms with Crippen molar-refractivity contribution in [3.8, 4) is 0 Å². The minimum absolute atomic E-state index is 0. The highest BCUT2D eigenvalue weighted by Crippen LogP contribution is 2.49. The zero-order valence-electron chi connectivity index (χ0n) is 27.7. The lowest BCUT2D eigenvalue weighted by Crippen LogP contribution is -2.55. The molecule has 288 valence electrons. The van der Waals surface area contributed by atoms with E-state index in [-0.39, 0.29) is 20.5 Å². The van der Waals surface area contributed by atoms with Crippen LogP contribution in [0, 0.1) is 0 Å². The van der Waals surface area contributed by atoms with Crippen LogP contribution in [0.25, 0.3) is 0 Å². The van der Waals surface area contributed by atoms with Gasteiger partial charge in [0.15, 0.2) is 0 Å². The van der Waals surface area contributed by atoms with Gasteiger partial charge >= 0.3 is 11.9 Å². The summed E-state index contributed by atoms with van der Waals surface area (Å²) in [5.74, 6) is -7.86. The fourth-order valence-electron chi connectivity index (χ4n) is 6.35. The Morgan fingerprint density at radius 1 is 0.750 bits per heavy atom. The number of hydrogen-bond donors (Lipinski definition) is 2. The number of aliphatic carboxylic acids is 5. The molecule has 1 fully saturated rings. The molecule has 17 nitrogen and oxygen atoms in total. The molecule has 2 unspecified atom stereocenters. The fraction of sp³-hybridized carbons (Fsp3) is 0.500. The lowest BCUT2D eigenvalue weighted by Gasteiger charge is -2.42. The number of benzene rings is 2. The predicted octanol–water partition coefficient (Wildman–Crippen LogP) is -2.25. The summed E-state index contributed by atoms with van der Waals surface area (Å²) in [6.45, 7) is -6.40. The molecule has 0 radical (unpaired) electrons. The Bertz CT molecular complexity index is 1450. The lowest BCUT2D eigenvalue weighted by atomic mass is 9.65. The quantitative estimate of drug-likeness (QED) is 0.114. The molecule has 0 saturated heterocycles. The number of carboxylic acids is 5. The largest absolute Gasteiger partial charge is 0.756 e. The van der Waals surface area contributed by atoms with Crippen LogP contribution in [0.5, 0.6) is 0 Å². The summed E-state index contributed by atoms with van der Waals surface area (Å²) < 4.78 is 23.7. The smallest absolute Gasteiger partial charge is 0.317 e. The molecule has 0 spiro atoms. The van der Waals surface area contributed by atoms with E-state index < -0.39 is 101 Å². The van der Waals surface area contributed by atoms with E-state index >= 15 is 0 Å². The standard InChI is InChI=1S/C33H44N3O14P.CH4/c37-28(38)18-34(15-16-35(19-29(39)40)20-30(41)42)17-26(36(21-31(43)44)22-32(45)46)23-49-51(47,48)50-27-11-13-33(14-12-27,24-7-3-1-4-8-24)25-9-5-2-6-10-25;/h1-10,26-27H,11-23H2,(H,37,38)(H,39,40)(H,41,42)(H,43,44)(H,45,46)(H,47,48);1H4/p-4. The molecule has 52 heavy (non-hydrogen) atoms. The van der Waals surface area contributed by atoms with Gasteiger partial charge < -0.3 is 53.9 Å². The zero-order chi connectivity index (χ0) is 37.6. The minimum Gasteiger partial charge on any atom is -0.756 e. The third-order valence-electron chi connectivity index (χ3n) is 8.59.